The molecular weight excluding hydrogens is 274 g/mol. The van der Waals surface area contributed by atoms with Gasteiger partial charge in [0.1, 0.15) is 0 Å². The maximum absolute atomic E-state index is 12.1. The maximum atomic E-state index is 12.1. The molecule has 2 heterocycles. The number of aromatic nitrogens is 1. The maximum Gasteiger partial charge on any atom is 0.323 e. The summed E-state index contributed by atoms with van der Waals surface area (Å²) >= 11 is 1.35. The van der Waals surface area contributed by atoms with Gasteiger partial charge in [-0.25, -0.2) is 9.78 Å². The first-order valence-corrected chi connectivity index (χ1v) is 7.62. The number of amides is 2. The van der Waals surface area contributed by atoms with E-state index in [0.29, 0.717) is 17.5 Å². The fourth-order valence-electron chi connectivity index (χ4n) is 1.98. The Morgan fingerprint density at radius 2 is 2.35 bits per heavy atom. The van der Waals surface area contributed by atoms with Gasteiger partial charge in [-0.2, -0.15) is 0 Å². The van der Waals surface area contributed by atoms with Gasteiger partial charge in [0.15, 0.2) is 5.13 Å². The van der Waals surface area contributed by atoms with Crippen LogP contribution in [-0.4, -0.2) is 40.7 Å². The Labute approximate surface area is 123 Å². The molecule has 1 aliphatic heterocycles. The van der Waals surface area contributed by atoms with E-state index in [4.69, 9.17) is 5.11 Å². The van der Waals surface area contributed by atoms with E-state index < -0.39 is 0 Å². The molecule has 1 aromatic rings. The summed E-state index contributed by atoms with van der Waals surface area (Å²) in [6.45, 7) is 3.89. The third-order valence-corrected chi connectivity index (χ3v) is 4.07. The van der Waals surface area contributed by atoms with E-state index in [-0.39, 0.29) is 12.6 Å². The summed E-state index contributed by atoms with van der Waals surface area (Å²) in [4.78, 5) is 18.8. The first kappa shape index (κ1) is 14.8. The number of rotatable bonds is 2. The molecular formula is C14H19N3O2S. The molecule has 0 unspecified atom stereocenters. The quantitative estimate of drug-likeness (QED) is 0.821. The number of thiazole rings is 1. The fraction of sp³-hybridized carbons (Fsp3) is 0.571. The van der Waals surface area contributed by atoms with E-state index in [1.54, 1.807) is 6.20 Å². The van der Waals surface area contributed by atoms with E-state index in [1.807, 2.05) is 4.90 Å². The topological polar surface area (TPSA) is 65.5 Å². The Morgan fingerprint density at radius 3 is 3.05 bits per heavy atom. The van der Waals surface area contributed by atoms with Crippen molar-refractivity contribution in [3.8, 4) is 11.8 Å². The molecule has 0 aromatic carbocycles. The van der Waals surface area contributed by atoms with Crippen LogP contribution in [0.5, 0.6) is 0 Å². The molecule has 1 fully saturated rings. The Balaban J connectivity index is 1.87. The van der Waals surface area contributed by atoms with Gasteiger partial charge in [0.2, 0.25) is 0 Å². The molecule has 0 radical (unpaired) electrons. The molecule has 1 aliphatic rings. The second kappa shape index (κ2) is 7.27. The minimum atomic E-state index is -0.0823. The highest BCUT2D eigenvalue weighted by Gasteiger charge is 2.20. The molecule has 1 saturated heterocycles. The van der Waals surface area contributed by atoms with Crippen LogP contribution in [0.3, 0.4) is 0 Å². The molecule has 6 heteroatoms. The number of urea groups is 1. The number of piperidine rings is 1. The van der Waals surface area contributed by atoms with Crippen LogP contribution < -0.4 is 5.32 Å². The van der Waals surface area contributed by atoms with Gasteiger partial charge in [-0.15, -0.1) is 0 Å². The van der Waals surface area contributed by atoms with Crippen LogP contribution in [0, 0.1) is 17.8 Å². The van der Waals surface area contributed by atoms with Crippen molar-refractivity contribution >= 4 is 22.5 Å². The number of likely N-dealkylation sites (tertiary alicyclic amines) is 1. The van der Waals surface area contributed by atoms with Gasteiger partial charge in [-0.3, -0.25) is 5.32 Å². The second-order valence-corrected chi connectivity index (χ2v) is 5.94. The first-order chi connectivity index (χ1) is 9.69. The van der Waals surface area contributed by atoms with Crippen LogP contribution in [0.15, 0.2) is 6.20 Å². The van der Waals surface area contributed by atoms with Gasteiger partial charge in [0.05, 0.1) is 17.7 Å². The standard InChI is InChI=1S/C14H19N3O2S/c1-11-5-7-17(8-6-11)14(19)16-13-15-10-12(20-13)4-2-3-9-18/h10-11,18H,3,5-9H2,1H3,(H,15,16,19). The average molecular weight is 293 g/mol. The highest BCUT2D eigenvalue weighted by atomic mass is 32.1. The van der Waals surface area contributed by atoms with E-state index in [2.05, 4.69) is 29.1 Å². The normalized spacial score (nSPS) is 15.6. The van der Waals surface area contributed by atoms with Crippen LogP contribution in [0.1, 0.15) is 31.1 Å². The van der Waals surface area contributed by atoms with Crippen molar-refractivity contribution in [1.82, 2.24) is 9.88 Å². The van der Waals surface area contributed by atoms with Crippen LogP contribution in [0.25, 0.3) is 0 Å². The summed E-state index contributed by atoms with van der Waals surface area (Å²) in [5.41, 5.74) is 0. The summed E-state index contributed by atoms with van der Waals surface area (Å²) in [6, 6.07) is -0.0823. The summed E-state index contributed by atoms with van der Waals surface area (Å²) in [5, 5.41) is 12.0. The summed E-state index contributed by atoms with van der Waals surface area (Å²) < 4.78 is 0. The molecule has 0 spiro atoms. The monoisotopic (exact) mass is 293 g/mol. The Bertz CT molecular complexity index is 510. The van der Waals surface area contributed by atoms with Gasteiger partial charge in [-0.05, 0) is 18.8 Å². The van der Waals surface area contributed by atoms with Gasteiger partial charge in [0, 0.05) is 19.5 Å². The number of hydrogen-bond donors (Lipinski definition) is 2. The van der Waals surface area contributed by atoms with Crippen molar-refractivity contribution in [1.29, 1.82) is 0 Å². The minimum Gasteiger partial charge on any atom is -0.395 e. The van der Waals surface area contributed by atoms with Crippen LogP contribution >= 0.6 is 11.3 Å². The molecule has 5 nitrogen and oxygen atoms in total. The lowest BCUT2D eigenvalue weighted by molar-refractivity contribution is 0.186. The number of carbonyl (C=O) groups is 1. The van der Waals surface area contributed by atoms with Crippen molar-refractivity contribution in [3.63, 3.8) is 0 Å². The fourth-order valence-corrected chi connectivity index (χ4v) is 2.66. The predicted molar refractivity (Wildman–Crippen MR) is 79.7 cm³/mol. The molecule has 0 aliphatic carbocycles. The van der Waals surface area contributed by atoms with Crippen LogP contribution in [0.2, 0.25) is 0 Å². The number of aliphatic hydroxyl groups excluding tert-OH is 1. The van der Waals surface area contributed by atoms with E-state index in [1.165, 1.54) is 11.3 Å². The molecule has 2 amide bonds. The third-order valence-electron chi connectivity index (χ3n) is 3.24. The molecule has 1 aromatic heterocycles. The zero-order valence-electron chi connectivity index (χ0n) is 11.6. The molecule has 0 bridgehead atoms. The number of nitrogens with one attached hydrogen (secondary N) is 1. The van der Waals surface area contributed by atoms with E-state index in [0.717, 1.165) is 30.8 Å². The third kappa shape index (κ3) is 4.22. The predicted octanol–water partition coefficient (Wildman–Crippen LogP) is 2.14. The highest BCUT2D eigenvalue weighted by molar-refractivity contribution is 7.16. The molecule has 0 saturated carbocycles. The first-order valence-electron chi connectivity index (χ1n) is 6.80. The molecule has 108 valence electrons. The number of carbonyl (C=O) groups excluding carboxylic acids is 1. The molecule has 0 atom stereocenters. The molecule has 2 rings (SSSR count). The summed E-state index contributed by atoms with van der Waals surface area (Å²) in [7, 11) is 0. The van der Waals surface area contributed by atoms with Crippen molar-refractivity contribution in [2.75, 3.05) is 25.0 Å². The SMILES string of the molecule is CC1CCN(C(=O)Nc2ncc(C#CCCO)s2)CC1. The lowest BCUT2D eigenvalue weighted by atomic mass is 10.00. The largest absolute Gasteiger partial charge is 0.395 e. The lowest BCUT2D eigenvalue weighted by Gasteiger charge is -2.29. The number of aliphatic hydroxyl groups is 1. The second-order valence-electron chi connectivity index (χ2n) is 4.90. The Kier molecular flexibility index (Phi) is 5.39. The van der Waals surface area contributed by atoms with E-state index >= 15 is 0 Å². The lowest BCUT2D eigenvalue weighted by Crippen LogP contribution is -2.40. The minimum absolute atomic E-state index is 0.0583. The Hall–Kier alpha value is -1.58. The van der Waals surface area contributed by atoms with Gasteiger partial charge < -0.3 is 10.0 Å². The zero-order valence-corrected chi connectivity index (χ0v) is 12.4. The van der Waals surface area contributed by atoms with Crippen molar-refractivity contribution in [3.05, 3.63) is 11.1 Å². The summed E-state index contributed by atoms with van der Waals surface area (Å²) in [6.07, 6.45) is 4.21. The highest BCUT2D eigenvalue weighted by Crippen LogP contribution is 2.20. The van der Waals surface area contributed by atoms with Crippen molar-refractivity contribution in [2.45, 2.75) is 26.2 Å². The van der Waals surface area contributed by atoms with Crippen molar-refractivity contribution in [2.24, 2.45) is 5.92 Å². The zero-order chi connectivity index (χ0) is 14.4. The van der Waals surface area contributed by atoms with Gasteiger partial charge >= 0.3 is 6.03 Å². The number of nitrogens with zero attached hydrogens (tertiary/aromatic N) is 2. The van der Waals surface area contributed by atoms with Crippen molar-refractivity contribution < 1.29 is 9.90 Å². The van der Waals surface area contributed by atoms with Gasteiger partial charge in [0.25, 0.3) is 0 Å². The Morgan fingerprint density at radius 1 is 1.60 bits per heavy atom. The number of anilines is 1. The number of hydrogen-bond acceptors (Lipinski definition) is 4. The van der Waals surface area contributed by atoms with Crippen LogP contribution in [0.4, 0.5) is 9.93 Å². The summed E-state index contributed by atoms with van der Waals surface area (Å²) in [5.74, 6) is 6.44. The smallest absolute Gasteiger partial charge is 0.323 e. The van der Waals surface area contributed by atoms with Gasteiger partial charge in [-0.1, -0.05) is 30.1 Å². The van der Waals surface area contributed by atoms with Crippen LogP contribution in [-0.2, 0) is 0 Å². The van der Waals surface area contributed by atoms with E-state index in [9.17, 15) is 4.79 Å². The molecule has 20 heavy (non-hydrogen) atoms. The molecule has 2 N–H and O–H groups in total. The average Bonchev–Trinajstić information content (AvgIpc) is 2.87.